The molecule has 0 bridgehead atoms. The summed E-state index contributed by atoms with van der Waals surface area (Å²) in [7, 11) is 0. The average Bonchev–Trinajstić information content (AvgIpc) is 2.71. The van der Waals surface area contributed by atoms with Crippen molar-refractivity contribution in [1.82, 2.24) is 9.78 Å². The minimum Gasteiger partial charge on any atom is -0.326 e. The molecule has 2 N–H and O–H groups in total. The normalized spacial score (nSPS) is 14.7. The van der Waals surface area contributed by atoms with Crippen LogP contribution < -0.4 is 5.73 Å². The first kappa shape index (κ1) is 10.8. The molecule has 1 aromatic heterocycles. The van der Waals surface area contributed by atoms with Crippen LogP contribution in [0.3, 0.4) is 0 Å². The number of benzene rings is 1. The van der Waals surface area contributed by atoms with Crippen molar-refractivity contribution in [3.05, 3.63) is 54.1 Å². The summed E-state index contributed by atoms with van der Waals surface area (Å²) in [4.78, 5) is 0. The first-order valence-corrected chi connectivity index (χ1v) is 5.18. The Morgan fingerprint density at radius 2 is 2.19 bits per heavy atom. The van der Waals surface area contributed by atoms with Crippen molar-refractivity contribution in [2.24, 2.45) is 5.73 Å². The third kappa shape index (κ3) is 2.12. The predicted molar refractivity (Wildman–Crippen MR) is 60.4 cm³/mol. The molecule has 0 saturated carbocycles. The minimum absolute atomic E-state index is 0.134. The van der Waals surface area contributed by atoms with Crippen LogP contribution in [0.5, 0.6) is 0 Å². The molecule has 0 saturated heterocycles. The molecule has 2 atom stereocenters. The van der Waals surface area contributed by atoms with Crippen molar-refractivity contribution in [2.45, 2.75) is 19.0 Å². The maximum Gasteiger partial charge on any atom is 0.123 e. The summed E-state index contributed by atoms with van der Waals surface area (Å²) in [6, 6.07) is 8.02. The lowest BCUT2D eigenvalue weighted by Gasteiger charge is -2.21. The number of halogens is 1. The number of hydrogen-bond donors (Lipinski definition) is 1. The van der Waals surface area contributed by atoms with E-state index < -0.39 is 0 Å². The summed E-state index contributed by atoms with van der Waals surface area (Å²) in [5.74, 6) is -0.254. The Morgan fingerprint density at radius 3 is 2.75 bits per heavy atom. The highest BCUT2D eigenvalue weighted by Gasteiger charge is 2.18. The molecule has 0 radical (unpaired) electrons. The second-order valence-corrected chi connectivity index (χ2v) is 3.85. The van der Waals surface area contributed by atoms with Crippen molar-refractivity contribution in [1.29, 1.82) is 0 Å². The molecule has 4 heteroatoms. The van der Waals surface area contributed by atoms with Gasteiger partial charge in [-0.05, 0) is 30.7 Å². The molecule has 0 fully saturated rings. The van der Waals surface area contributed by atoms with Gasteiger partial charge in [0.25, 0.3) is 0 Å². The van der Waals surface area contributed by atoms with Gasteiger partial charge < -0.3 is 5.73 Å². The SMILES string of the molecule is CC(N)C(c1cccc(F)c1)n1cccn1. The van der Waals surface area contributed by atoms with Gasteiger partial charge >= 0.3 is 0 Å². The van der Waals surface area contributed by atoms with Crippen LogP contribution in [0.4, 0.5) is 4.39 Å². The Balaban J connectivity index is 2.41. The van der Waals surface area contributed by atoms with E-state index in [0.717, 1.165) is 5.56 Å². The molecule has 1 heterocycles. The molecular weight excluding hydrogens is 205 g/mol. The quantitative estimate of drug-likeness (QED) is 0.857. The van der Waals surface area contributed by atoms with E-state index in [1.807, 2.05) is 25.3 Å². The Bertz CT molecular complexity index is 451. The summed E-state index contributed by atoms with van der Waals surface area (Å²) in [5, 5.41) is 4.16. The van der Waals surface area contributed by atoms with E-state index in [2.05, 4.69) is 5.10 Å². The standard InChI is InChI=1S/C12H14FN3/c1-9(14)12(16-7-3-6-15-16)10-4-2-5-11(13)8-10/h2-9,12H,14H2,1H3. The summed E-state index contributed by atoms with van der Waals surface area (Å²) in [5.41, 5.74) is 6.76. The van der Waals surface area contributed by atoms with Crippen molar-refractivity contribution in [2.75, 3.05) is 0 Å². The van der Waals surface area contributed by atoms with Gasteiger partial charge in [0.05, 0.1) is 6.04 Å². The lowest BCUT2D eigenvalue weighted by molar-refractivity contribution is 0.451. The Labute approximate surface area is 93.7 Å². The lowest BCUT2D eigenvalue weighted by atomic mass is 10.0. The molecule has 0 spiro atoms. The minimum atomic E-state index is -0.254. The van der Waals surface area contributed by atoms with Gasteiger partial charge in [0.1, 0.15) is 5.82 Å². The molecule has 2 unspecified atom stereocenters. The van der Waals surface area contributed by atoms with Crippen LogP contribution in [0.15, 0.2) is 42.7 Å². The molecule has 0 aliphatic heterocycles. The Morgan fingerprint density at radius 1 is 1.38 bits per heavy atom. The van der Waals surface area contributed by atoms with Crippen molar-refractivity contribution in [3.8, 4) is 0 Å². The van der Waals surface area contributed by atoms with E-state index in [-0.39, 0.29) is 17.9 Å². The fourth-order valence-corrected chi connectivity index (χ4v) is 1.83. The summed E-state index contributed by atoms with van der Waals surface area (Å²) in [6.07, 6.45) is 3.52. The van der Waals surface area contributed by atoms with Crippen molar-refractivity contribution >= 4 is 0 Å². The van der Waals surface area contributed by atoms with Gasteiger partial charge in [-0.25, -0.2) is 4.39 Å². The van der Waals surface area contributed by atoms with Crippen LogP contribution >= 0.6 is 0 Å². The zero-order valence-corrected chi connectivity index (χ0v) is 9.05. The maximum atomic E-state index is 13.2. The Hall–Kier alpha value is -1.68. The average molecular weight is 219 g/mol. The van der Waals surface area contributed by atoms with Gasteiger partial charge in [-0.3, -0.25) is 4.68 Å². The van der Waals surface area contributed by atoms with E-state index in [4.69, 9.17) is 5.73 Å². The second kappa shape index (κ2) is 4.45. The molecule has 16 heavy (non-hydrogen) atoms. The molecule has 3 nitrogen and oxygen atoms in total. The molecule has 0 aliphatic carbocycles. The van der Waals surface area contributed by atoms with Gasteiger partial charge in [-0.1, -0.05) is 12.1 Å². The van der Waals surface area contributed by atoms with Crippen LogP contribution in [0, 0.1) is 5.82 Å². The zero-order chi connectivity index (χ0) is 11.5. The molecule has 2 aromatic rings. The monoisotopic (exact) mass is 219 g/mol. The predicted octanol–water partition coefficient (Wildman–Crippen LogP) is 1.96. The maximum absolute atomic E-state index is 13.2. The van der Waals surface area contributed by atoms with Gasteiger partial charge in [-0.15, -0.1) is 0 Å². The second-order valence-electron chi connectivity index (χ2n) is 3.85. The summed E-state index contributed by atoms with van der Waals surface area (Å²) in [6.45, 7) is 1.89. The molecule has 0 aliphatic rings. The first-order chi connectivity index (χ1) is 7.68. The summed E-state index contributed by atoms with van der Waals surface area (Å²) >= 11 is 0. The number of nitrogens with zero attached hydrogens (tertiary/aromatic N) is 2. The fourth-order valence-electron chi connectivity index (χ4n) is 1.83. The van der Waals surface area contributed by atoms with Crippen LogP contribution in [-0.2, 0) is 0 Å². The third-order valence-electron chi connectivity index (χ3n) is 2.50. The molecule has 84 valence electrons. The fraction of sp³-hybridized carbons (Fsp3) is 0.250. The van der Waals surface area contributed by atoms with Crippen LogP contribution in [0.2, 0.25) is 0 Å². The number of nitrogens with two attached hydrogens (primary N) is 1. The lowest BCUT2D eigenvalue weighted by Crippen LogP contribution is -2.30. The number of aromatic nitrogens is 2. The molecule has 1 aromatic carbocycles. The highest BCUT2D eigenvalue weighted by atomic mass is 19.1. The van der Waals surface area contributed by atoms with Gasteiger partial charge in [0.2, 0.25) is 0 Å². The Kier molecular flexibility index (Phi) is 3.01. The van der Waals surface area contributed by atoms with Crippen LogP contribution in [0.25, 0.3) is 0 Å². The van der Waals surface area contributed by atoms with Crippen LogP contribution in [-0.4, -0.2) is 15.8 Å². The van der Waals surface area contributed by atoms with E-state index in [1.165, 1.54) is 12.1 Å². The van der Waals surface area contributed by atoms with E-state index in [1.54, 1.807) is 16.9 Å². The topological polar surface area (TPSA) is 43.8 Å². The molecule has 2 rings (SSSR count). The van der Waals surface area contributed by atoms with E-state index in [0.29, 0.717) is 0 Å². The van der Waals surface area contributed by atoms with E-state index in [9.17, 15) is 4.39 Å². The largest absolute Gasteiger partial charge is 0.326 e. The number of rotatable bonds is 3. The molecular formula is C12H14FN3. The first-order valence-electron chi connectivity index (χ1n) is 5.18. The highest BCUT2D eigenvalue weighted by Crippen LogP contribution is 2.20. The van der Waals surface area contributed by atoms with Gasteiger partial charge in [0, 0.05) is 18.4 Å². The van der Waals surface area contributed by atoms with Crippen molar-refractivity contribution < 1.29 is 4.39 Å². The zero-order valence-electron chi connectivity index (χ0n) is 9.05. The third-order valence-corrected chi connectivity index (χ3v) is 2.50. The number of hydrogen-bond acceptors (Lipinski definition) is 2. The van der Waals surface area contributed by atoms with Crippen molar-refractivity contribution in [3.63, 3.8) is 0 Å². The van der Waals surface area contributed by atoms with Gasteiger partial charge in [-0.2, -0.15) is 5.10 Å². The van der Waals surface area contributed by atoms with Gasteiger partial charge in [0.15, 0.2) is 0 Å². The highest BCUT2D eigenvalue weighted by molar-refractivity contribution is 5.22. The smallest absolute Gasteiger partial charge is 0.123 e. The summed E-state index contributed by atoms with van der Waals surface area (Å²) < 4.78 is 14.9. The molecule has 0 amide bonds. The van der Waals surface area contributed by atoms with E-state index >= 15 is 0 Å². The van der Waals surface area contributed by atoms with Crippen LogP contribution in [0.1, 0.15) is 18.5 Å².